The zero-order valence-corrected chi connectivity index (χ0v) is 17.9. The second-order valence-electron chi connectivity index (χ2n) is 8.42. The Labute approximate surface area is 176 Å². The van der Waals surface area contributed by atoms with E-state index in [0.717, 1.165) is 13.0 Å². The average molecular weight is 417 g/mol. The molecule has 0 aliphatic carbocycles. The second kappa shape index (κ2) is 9.68. The van der Waals surface area contributed by atoms with Crippen LogP contribution in [0.15, 0.2) is 28.7 Å². The molecule has 4 atom stereocenters. The summed E-state index contributed by atoms with van der Waals surface area (Å²) >= 11 is 0. The number of hydrogen-bond acceptors (Lipinski definition) is 7. The van der Waals surface area contributed by atoms with Crippen molar-refractivity contribution in [2.24, 2.45) is 17.6 Å². The van der Waals surface area contributed by atoms with Crippen molar-refractivity contribution in [2.75, 3.05) is 13.2 Å². The van der Waals surface area contributed by atoms with Crippen molar-refractivity contribution in [3.8, 4) is 0 Å². The largest absolute Gasteiger partial charge is 0.438 e. The molecule has 1 fully saturated rings. The van der Waals surface area contributed by atoms with Gasteiger partial charge in [0.25, 0.3) is 0 Å². The first kappa shape index (κ1) is 22.4. The molecule has 2 aromatic rings. The van der Waals surface area contributed by atoms with E-state index in [2.05, 4.69) is 10.3 Å². The Bertz CT molecular complexity index is 828. The number of benzene rings is 1. The molecule has 1 aromatic carbocycles. The van der Waals surface area contributed by atoms with Crippen LogP contribution in [-0.4, -0.2) is 52.0 Å². The summed E-state index contributed by atoms with van der Waals surface area (Å²) in [4.78, 5) is 32.8. The monoisotopic (exact) mass is 416 g/mol. The van der Waals surface area contributed by atoms with Crippen LogP contribution < -0.4 is 11.1 Å². The smallest absolute Gasteiger partial charge is 0.247 e. The lowest BCUT2D eigenvalue weighted by molar-refractivity contribution is -0.152. The molecule has 2 heterocycles. The van der Waals surface area contributed by atoms with Gasteiger partial charge in [-0.25, -0.2) is 4.98 Å². The van der Waals surface area contributed by atoms with Crippen LogP contribution >= 0.6 is 0 Å². The number of oxazole rings is 1. The molecule has 164 valence electrons. The Morgan fingerprint density at radius 1 is 1.33 bits per heavy atom. The van der Waals surface area contributed by atoms with Gasteiger partial charge >= 0.3 is 0 Å². The number of rotatable bonds is 8. The minimum Gasteiger partial charge on any atom is -0.438 e. The van der Waals surface area contributed by atoms with Gasteiger partial charge in [-0.15, -0.1) is 0 Å². The number of nitrogens with two attached hydrogens (primary N) is 1. The molecule has 0 saturated carbocycles. The summed E-state index contributed by atoms with van der Waals surface area (Å²) in [5.41, 5.74) is 7.44. The summed E-state index contributed by atoms with van der Waals surface area (Å²) in [5, 5.41) is 12.7. The summed E-state index contributed by atoms with van der Waals surface area (Å²) in [6.45, 7) is 6.24. The predicted molar refractivity (Wildman–Crippen MR) is 113 cm³/mol. The number of nitrogens with one attached hydrogen (secondary N) is 1. The number of hydrogen-bond donors (Lipinski definition) is 3. The predicted octanol–water partition coefficient (Wildman–Crippen LogP) is 1.98. The van der Waals surface area contributed by atoms with Gasteiger partial charge in [0.2, 0.25) is 17.7 Å². The minimum absolute atomic E-state index is 0.0774. The van der Waals surface area contributed by atoms with Gasteiger partial charge in [0.1, 0.15) is 11.6 Å². The van der Waals surface area contributed by atoms with Crippen LogP contribution in [0.1, 0.15) is 52.0 Å². The van der Waals surface area contributed by atoms with Crippen molar-refractivity contribution in [2.45, 2.75) is 58.2 Å². The molecule has 8 nitrogen and oxygen atoms in total. The quantitative estimate of drug-likeness (QED) is 0.601. The molecule has 2 amide bonds. The summed E-state index contributed by atoms with van der Waals surface area (Å²) in [7, 11) is 0. The number of fused-ring (bicyclic) bond motifs is 1. The van der Waals surface area contributed by atoms with E-state index in [1.807, 2.05) is 39.0 Å². The van der Waals surface area contributed by atoms with E-state index in [9.17, 15) is 14.7 Å². The van der Waals surface area contributed by atoms with Gasteiger partial charge in [-0.3, -0.25) is 14.5 Å². The lowest BCUT2D eigenvalue weighted by Gasteiger charge is -2.35. The molecular formula is C22H32N4O4. The van der Waals surface area contributed by atoms with Crippen molar-refractivity contribution < 1.29 is 19.1 Å². The van der Waals surface area contributed by atoms with Gasteiger partial charge in [0, 0.05) is 6.61 Å². The molecule has 0 radical (unpaired) electrons. The van der Waals surface area contributed by atoms with Gasteiger partial charge in [-0.1, -0.05) is 32.9 Å². The van der Waals surface area contributed by atoms with Gasteiger partial charge in [0.05, 0.1) is 12.1 Å². The Morgan fingerprint density at radius 2 is 2.07 bits per heavy atom. The number of carbonyl (C=O) groups is 2. The lowest BCUT2D eigenvalue weighted by Crippen LogP contribution is -2.55. The molecule has 0 spiro atoms. The molecule has 0 bridgehead atoms. The number of amides is 2. The molecule has 1 saturated heterocycles. The van der Waals surface area contributed by atoms with Crippen LogP contribution in [0.2, 0.25) is 0 Å². The summed E-state index contributed by atoms with van der Waals surface area (Å²) in [5.74, 6) is -0.877. The van der Waals surface area contributed by atoms with Crippen LogP contribution in [0.25, 0.3) is 11.1 Å². The Morgan fingerprint density at radius 3 is 2.67 bits per heavy atom. The van der Waals surface area contributed by atoms with E-state index in [4.69, 9.17) is 10.2 Å². The van der Waals surface area contributed by atoms with Crippen molar-refractivity contribution in [1.82, 2.24) is 15.2 Å². The van der Waals surface area contributed by atoms with E-state index in [-0.39, 0.29) is 30.2 Å². The van der Waals surface area contributed by atoms with E-state index in [0.29, 0.717) is 23.9 Å². The van der Waals surface area contributed by atoms with Crippen molar-refractivity contribution in [3.63, 3.8) is 0 Å². The first-order valence-corrected chi connectivity index (χ1v) is 10.7. The van der Waals surface area contributed by atoms with Crippen LogP contribution in [-0.2, 0) is 9.59 Å². The number of aromatic nitrogens is 1. The minimum atomic E-state index is -0.830. The normalized spacial score (nSPS) is 19.7. The molecule has 1 aliphatic rings. The Kier molecular flexibility index (Phi) is 7.23. The SMILES string of the molecule is CC(CCO)C(c1nc2ccccc2o1)N(C(=O)[C@@H]1CCCN1)C(=O)[C@@H](N)C(C)C. The highest BCUT2D eigenvalue weighted by Gasteiger charge is 2.42. The fourth-order valence-corrected chi connectivity index (χ4v) is 3.88. The number of aliphatic hydroxyl groups is 1. The van der Waals surface area contributed by atoms with Crippen LogP contribution in [0.3, 0.4) is 0 Å². The molecular weight excluding hydrogens is 384 g/mol. The van der Waals surface area contributed by atoms with Crippen molar-refractivity contribution in [1.29, 1.82) is 0 Å². The highest BCUT2D eigenvalue weighted by molar-refractivity contribution is 6.00. The average Bonchev–Trinajstić information content (AvgIpc) is 3.39. The highest BCUT2D eigenvalue weighted by atomic mass is 16.4. The van der Waals surface area contributed by atoms with Crippen molar-refractivity contribution >= 4 is 22.9 Å². The number of nitrogens with zero attached hydrogens (tertiary/aromatic N) is 2. The van der Waals surface area contributed by atoms with Crippen LogP contribution in [0.4, 0.5) is 0 Å². The Hall–Kier alpha value is -2.29. The van der Waals surface area contributed by atoms with Gasteiger partial charge in [0.15, 0.2) is 5.58 Å². The molecule has 3 rings (SSSR count). The third-order valence-corrected chi connectivity index (χ3v) is 5.80. The number of para-hydroxylation sites is 2. The summed E-state index contributed by atoms with van der Waals surface area (Å²) in [6.07, 6.45) is 1.91. The summed E-state index contributed by atoms with van der Waals surface area (Å²) in [6, 6.07) is 5.29. The topological polar surface area (TPSA) is 122 Å². The van der Waals surface area contributed by atoms with Gasteiger partial charge in [-0.05, 0) is 49.8 Å². The van der Waals surface area contributed by atoms with Crippen LogP contribution in [0, 0.1) is 11.8 Å². The zero-order chi connectivity index (χ0) is 21.8. The van der Waals surface area contributed by atoms with E-state index < -0.39 is 24.0 Å². The van der Waals surface area contributed by atoms with Gasteiger partial charge < -0.3 is 20.6 Å². The maximum absolute atomic E-state index is 13.5. The first-order chi connectivity index (χ1) is 14.3. The van der Waals surface area contributed by atoms with Crippen molar-refractivity contribution in [3.05, 3.63) is 30.2 Å². The highest BCUT2D eigenvalue weighted by Crippen LogP contribution is 2.34. The number of aliphatic hydroxyl groups excluding tert-OH is 1. The zero-order valence-electron chi connectivity index (χ0n) is 17.9. The third-order valence-electron chi connectivity index (χ3n) is 5.80. The standard InChI is InChI=1S/C22H32N4O4/c1-13(2)18(23)22(29)26(21(28)16-8-6-11-24-16)19(14(3)10-12-27)20-25-15-7-4-5-9-17(15)30-20/h4-5,7,9,13-14,16,18-19,24,27H,6,8,10-12,23H2,1-3H3/t14?,16-,18-,19?/m0/s1. The molecule has 8 heteroatoms. The first-order valence-electron chi connectivity index (χ1n) is 10.7. The lowest BCUT2D eigenvalue weighted by atomic mass is 9.93. The third kappa shape index (κ3) is 4.55. The summed E-state index contributed by atoms with van der Waals surface area (Å²) < 4.78 is 5.98. The molecule has 30 heavy (non-hydrogen) atoms. The van der Waals surface area contributed by atoms with E-state index >= 15 is 0 Å². The van der Waals surface area contributed by atoms with Gasteiger partial charge in [-0.2, -0.15) is 0 Å². The molecule has 1 aliphatic heterocycles. The fourth-order valence-electron chi connectivity index (χ4n) is 3.88. The van der Waals surface area contributed by atoms with Crippen LogP contribution in [0.5, 0.6) is 0 Å². The van der Waals surface area contributed by atoms with E-state index in [1.54, 1.807) is 6.07 Å². The number of imide groups is 1. The molecule has 1 aromatic heterocycles. The van der Waals surface area contributed by atoms with E-state index in [1.165, 1.54) is 4.90 Å². The molecule has 4 N–H and O–H groups in total. The fraction of sp³-hybridized carbons (Fsp3) is 0.591. The Balaban J connectivity index is 2.09. The maximum Gasteiger partial charge on any atom is 0.247 e. The molecule has 2 unspecified atom stereocenters. The maximum atomic E-state index is 13.5. The number of carbonyl (C=O) groups excluding carboxylic acids is 2. The second-order valence-corrected chi connectivity index (χ2v) is 8.42.